The molecule has 1 aromatic carbocycles. The maximum atomic E-state index is 11.6. The molecule has 0 atom stereocenters. The second kappa shape index (κ2) is 6.05. The van der Waals surface area contributed by atoms with Crippen LogP contribution < -0.4 is 10.6 Å². The number of carbonyl (C=O) groups is 2. The highest BCUT2D eigenvalue weighted by atomic mass is 16.4. The van der Waals surface area contributed by atoms with Crippen LogP contribution in [0.15, 0.2) is 22.6 Å². The number of aliphatic carboxylic acids is 1. The molecule has 7 nitrogen and oxygen atoms in total. The standard InChI is InChI=1S/C15H19N3O4/c1-15(2,3)13-18-10-8-9(4-5-11(10)22-13)17-14(21)16-7-6-12(19)20/h4-5,8H,6-7H2,1-3H3,(H,19,20)(H2,16,17,21). The fraction of sp³-hybridized carbons (Fsp3) is 0.400. The van der Waals surface area contributed by atoms with Gasteiger partial charge in [-0.3, -0.25) is 4.79 Å². The van der Waals surface area contributed by atoms with Crippen molar-refractivity contribution in [1.82, 2.24) is 10.3 Å². The number of nitrogens with zero attached hydrogens (tertiary/aromatic N) is 1. The number of anilines is 1. The third kappa shape index (κ3) is 3.97. The summed E-state index contributed by atoms with van der Waals surface area (Å²) in [6.45, 7) is 6.09. The first-order valence-corrected chi connectivity index (χ1v) is 6.93. The van der Waals surface area contributed by atoms with Crippen molar-refractivity contribution in [2.45, 2.75) is 32.6 Å². The van der Waals surface area contributed by atoms with Crippen molar-refractivity contribution < 1.29 is 19.1 Å². The van der Waals surface area contributed by atoms with E-state index in [1.807, 2.05) is 20.8 Å². The molecule has 1 aromatic heterocycles. The smallest absolute Gasteiger partial charge is 0.319 e. The van der Waals surface area contributed by atoms with Crippen LogP contribution >= 0.6 is 0 Å². The van der Waals surface area contributed by atoms with Crippen molar-refractivity contribution in [3.8, 4) is 0 Å². The molecule has 0 saturated heterocycles. The Labute approximate surface area is 127 Å². The zero-order valence-electron chi connectivity index (χ0n) is 12.8. The van der Waals surface area contributed by atoms with Gasteiger partial charge in [0.15, 0.2) is 5.58 Å². The zero-order valence-corrected chi connectivity index (χ0v) is 12.8. The summed E-state index contributed by atoms with van der Waals surface area (Å²) >= 11 is 0. The molecule has 0 aliphatic carbocycles. The van der Waals surface area contributed by atoms with E-state index in [0.717, 1.165) is 0 Å². The van der Waals surface area contributed by atoms with E-state index in [0.29, 0.717) is 22.7 Å². The summed E-state index contributed by atoms with van der Waals surface area (Å²) in [5.41, 5.74) is 1.69. The Morgan fingerprint density at radius 2 is 2.05 bits per heavy atom. The van der Waals surface area contributed by atoms with Crippen molar-refractivity contribution in [2.75, 3.05) is 11.9 Å². The number of carboxylic acids is 1. The largest absolute Gasteiger partial charge is 0.481 e. The average Bonchev–Trinajstić information content (AvgIpc) is 2.81. The van der Waals surface area contributed by atoms with Crippen molar-refractivity contribution >= 4 is 28.8 Å². The number of carbonyl (C=O) groups excluding carboxylic acids is 1. The van der Waals surface area contributed by atoms with Crippen LogP contribution in [0, 0.1) is 0 Å². The van der Waals surface area contributed by atoms with Crippen LogP contribution in [0.3, 0.4) is 0 Å². The monoisotopic (exact) mass is 305 g/mol. The first-order valence-electron chi connectivity index (χ1n) is 6.93. The van der Waals surface area contributed by atoms with E-state index in [1.165, 1.54) is 0 Å². The Balaban J connectivity index is 2.06. The van der Waals surface area contributed by atoms with E-state index in [-0.39, 0.29) is 18.4 Å². The molecule has 2 rings (SSSR count). The predicted octanol–water partition coefficient (Wildman–Crippen LogP) is 2.72. The highest BCUT2D eigenvalue weighted by Crippen LogP contribution is 2.27. The van der Waals surface area contributed by atoms with E-state index in [1.54, 1.807) is 18.2 Å². The minimum Gasteiger partial charge on any atom is -0.481 e. The highest BCUT2D eigenvalue weighted by Gasteiger charge is 2.21. The van der Waals surface area contributed by atoms with Gasteiger partial charge in [0.25, 0.3) is 0 Å². The van der Waals surface area contributed by atoms with Crippen molar-refractivity contribution in [1.29, 1.82) is 0 Å². The van der Waals surface area contributed by atoms with Crippen LogP contribution in [0.2, 0.25) is 0 Å². The van der Waals surface area contributed by atoms with Crippen LogP contribution in [0.25, 0.3) is 11.1 Å². The number of oxazole rings is 1. The second-order valence-electron chi connectivity index (χ2n) is 5.98. The molecule has 0 saturated carbocycles. The lowest BCUT2D eigenvalue weighted by molar-refractivity contribution is -0.136. The van der Waals surface area contributed by atoms with Crippen LogP contribution in [0.1, 0.15) is 33.1 Å². The molecule has 1 heterocycles. The average molecular weight is 305 g/mol. The Morgan fingerprint density at radius 3 is 2.68 bits per heavy atom. The molecule has 22 heavy (non-hydrogen) atoms. The lowest BCUT2D eigenvalue weighted by Gasteiger charge is -2.11. The van der Waals surface area contributed by atoms with Gasteiger partial charge in [0.05, 0.1) is 6.42 Å². The van der Waals surface area contributed by atoms with E-state index in [9.17, 15) is 9.59 Å². The summed E-state index contributed by atoms with van der Waals surface area (Å²) in [5, 5.41) is 13.6. The molecule has 118 valence electrons. The zero-order chi connectivity index (χ0) is 16.3. The molecular formula is C15H19N3O4. The predicted molar refractivity (Wildman–Crippen MR) is 82.0 cm³/mol. The number of hydrogen-bond donors (Lipinski definition) is 3. The number of rotatable bonds is 4. The first kappa shape index (κ1) is 15.8. The van der Waals surface area contributed by atoms with Crippen LogP contribution in [0.4, 0.5) is 10.5 Å². The molecule has 0 bridgehead atoms. The van der Waals surface area contributed by atoms with Gasteiger partial charge in [-0.05, 0) is 18.2 Å². The highest BCUT2D eigenvalue weighted by molar-refractivity contribution is 5.91. The third-order valence-electron chi connectivity index (χ3n) is 2.91. The molecule has 0 aliphatic rings. The number of aromatic nitrogens is 1. The summed E-state index contributed by atoms with van der Waals surface area (Å²) in [7, 11) is 0. The number of nitrogens with one attached hydrogen (secondary N) is 2. The van der Waals surface area contributed by atoms with Crippen LogP contribution in [0.5, 0.6) is 0 Å². The molecule has 0 spiro atoms. The van der Waals surface area contributed by atoms with Crippen LogP contribution in [-0.4, -0.2) is 28.6 Å². The number of fused-ring (bicyclic) bond motifs is 1. The minimum absolute atomic E-state index is 0.0710. The molecule has 2 aromatic rings. The minimum atomic E-state index is -0.959. The molecule has 0 radical (unpaired) electrons. The number of hydrogen-bond acceptors (Lipinski definition) is 4. The Kier molecular flexibility index (Phi) is 4.35. The molecular weight excluding hydrogens is 286 g/mol. The molecule has 3 N–H and O–H groups in total. The van der Waals surface area contributed by atoms with E-state index >= 15 is 0 Å². The third-order valence-corrected chi connectivity index (χ3v) is 2.91. The number of carboxylic acid groups (broad SMARTS) is 1. The topological polar surface area (TPSA) is 104 Å². The number of amides is 2. The molecule has 2 amide bonds. The first-order chi connectivity index (χ1) is 10.3. The van der Waals surface area contributed by atoms with Gasteiger partial charge in [0.2, 0.25) is 5.89 Å². The van der Waals surface area contributed by atoms with Gasteiger partial charge in [0, 0.05) is 17.6 Å². The van der Waals surface area contributed by atoms with Gasteiger partial charge >= 0.3 is 12.0 Å². The maximum Gasteiger partial charge on any atom is 0.319 e. The van der Waals surface area contributed by atoms with Crippen molar-refractivity contribution in [2.24, 2.45) is 0 Å². The lowest BCUT2D eigenvalue weighted by Crippen LogP contribution is -2.30. The van der Waals surface area contributed by atoms with Crippen molar-refractivity contribution in [3.05, 3.63) is 24.1 Å². The van der Waals surface area contributed by atoms with Gasteiger partial charge in [-0.25, -0.2) is 9.78 Å². The Morgan fingerprint density at radius 1 is 1.32 bits per heavy atom. The summed E-state index contributed by atoms with van der Waals surface area (Å²) in [4.78, 5) is 26.4. The normalized spacial score (nSPS) is 11.4. The van der Waals surface area contributed by atoms with Crippen LogP contribution in [-0.2, 0) is 10.2 Å². The summed E-state index contributed by atoms with van der Waals surface area (Å²) < 4.78 is 5.68. The Hall–Kier alpha value is -2.57. The van der Waals surface area contributed by atoms with Crippen molar-refractivity contribution in [3.63, 3.8) is 0 Å². The lowest BCUT2D eigenvalue weighted by atomic mass is 9.97. The quantitative estimate of drug-likeness (QED) is 0.805. The molecule has 0 unspecified atom stereocenters. The van der Waals surface area contributed by atoms with Gasteiger partial charge in [-0.1, -0.05) is 20.8 Å². The number of urea groups is 1. The van der Waals surface area contributed by atoms with E-state index in [2.05, 4.69) is 15.6 Å². The van der Waals surface area contributed by atoms with Gasteiger partial charge < -0.3 is 20.2 Å². The fourth-order valence-electron chi connectivity index (χ4n) is 1.78. The number of benzene rings is 1. The van der Waals surface area contributed by atoms with Gasteiger partial charge in [-0.15, -0.1) is 0 Å². The summed E-state index contributed by atoms with van der Waals surface area (Å²) in [5.74, 6) is -0.329. The second-order valence-corrected chi connectivity index (χ2v) is 5.98. The fourth-order valence-corrected chi connectivity index (χ4v) is 1.78. The van der Waals surface area contributed by atoms with Gasteiger partial charge in [0.1, 0.15) is 5.52 Å². The van der Waals surface area contributed by atoms with Gasteiger partial charge in [-0.2, -0.15) is 0 Å². The maximum absolute atomic E-state index is 11.6. The Bertz CT molecular complexity index is 700. The van der Waals surface area contributed by atoms with E-state index < -0.39 is 12.0 Å². The summed E-state index contributed by atoms with van der Waals surface area (Å²) in [6.07, 6.45) is -0.120. The molecule has 0 fully saturated rings. The van der Waals surface area contributed by atoms with E-state index in [4.69, 9.17) is 9.52 Å². The molecule has 0 aliphatic heterocycles. The summed E-state index contributed by atoms with van der Waals surface area (Å²) in [6, 6.07) is 4.70. The molecule has 7 heteroatoms. The SMILES string of the molecule is CC(C)(C)c1nc2cc(NC(=O)NCCC(=O)O)ccc2o1.